The number of rotatable bonds is 5. The van der Waals surface area contributed by atoms with Gasteiger partial charge in [-0.2, -0.15) is 5.10 Å². The molecule has 2 aliphatic heterocycles. The smallest absolute Gasteiger partial charge is 0.276 e. The molecule has 2 aromatic rings. The van der Waals surface area contributed by atoms with Gasteiger partial charge in [-0.3, -0.25) is 14.7 Å². The number of likely N-dealkylation sites (tertiary alicyclic amines) is 2. The van der Waals surface area contributed by atoms with Crippen LogP contribution in [0.4, 0.5) is 0 Å². The summed E-state index contributed by atoms with van der Waals surface area (Å²) in [6.07, 6.45) is 7.27. The summed E-state index contributed by atoms with van der Waals surface area (Å²) in [5.74, 6) is 0.753. The lowest BCUT2D eigenvalue weighted by molar-refractivity contribution is 0.0694. The fraction of sp³-hybridized carbons (Fsp3) is 0.600. The summed E-state index contributed by atoms with van der Waals surface area (Å²) < 4.78 is 5.26. The van der Waals surface area contributed by atoms with E-state index in [0.29, 0.717) is 24.3 Å². The van der Waals surface area contributed by atoms with E-state index < -0.39 is 0 Å². The van der Waals surface area contributed by atoms with Gasteiger partial charge in [0.1, 0.15) is 5.76 Å². The number of piperidine rings is 1. The standard InChI is InChI=1S/C20H27N5O3/c1-2-6-15-11-17(23-28-15)20(27)25-10-5-7-14(13-25)18-16(12-21-22-18)19(26)24-8-3-4-9-24/h11-12,14H,2-10,13H2,1H3,(H,21,22). The highest BCUT2D eigenvalue weighted by atomic mass is 16.5. The average Bonchev–Trinajstić information content (AvgIpc) is 3.48. The summed E-state index contributed by atoms with van der Waals surface area (Å²) >= 11 is 0. The Kier molecular flexibility index (Phi) is 5.45. The second kappa shape index (κ2) is 8.16. The first-order valence-electron chi connectivity index (χ1n) is 10.2. The number of amides is 2. The Balaban J connectivity index is 1.47. The van der Waals surface area contributed by atoms with E-state index in [-0.39, 0.29) is 17.7 Å². The monoisotopic (exact) mass is 385 g/mol. The maximum absolute atomic E-state index is 12.9. The molecule has 0 aliphatic carbocycles. The molecule has 1 atom stereocenters. The van der Waals surface area contributed by atoms with Crippen molar-refractivity contribution in [3.63, 3.8) is 0 Å². The molecule has 2 amide bonds. The van der Waals surface area contributed by atoms with Crippen LogP contribution in [0.25, 0.3) is 0 Å². The van der Waals surface area contributed by atoms with Crippen LogP contribution in [0.3, 0.4) is 0 Å². The van der Waals surface area contributed by atoms with Gasteiger partial charge in [-0.05, 0) is 32.1 Å². The van der Waals surface area contributed by atoms with Crippen molar-refractivity contribution >= 4 is 11.8 Å². The predicted octanol–water partition coefficient (Wildman–Crippen LogP) is 2.61. The molecular formula is C20H27N5O3. The maximum atomic E-state index is 12.9. The normalized spacial score (nSPS) is 20.0. The molecule has 0 bridgehead atoms. The van der Waals surface area contributed by atoms with E-state index in [4.69, 9.17) is 4.52 Å². The molecule has 2 fully saturated rings. The van der Waals surface area contributed by atoms with Crippen molar-refractivity contribution < 1.29 is 14.1 Å². The van der Waals surface area contributed by atoms with Crippen molar-refractivity contribution in [1.29, 1.82) is 0 Å². The van der Waals surface area contributed by atoms with Crippen molar-refractivity contribution in [2.24, 2.45) is 0 Å². The lowest BCUT2D eigenvalue weighted by atomic mass is 9.92. The zero-order valence-corrected chi connectivity index (χ0v) is 16.3. The number of aryl methyl sites for hydroxylation is 1. The predicted molar refractivity (Wildman–Crippen MR) is 102 cm³/mol. The van der Waals surface area contributed by atoms with Crippen molar-refractivity contribution in [3.8, 4) is 0 Å². The number of nitrogens with one attached hydrogen (secondary N) is 1. The first-order chi connectivity index (χ1) is 13.7. The van der Waals surface area contributed by atoms with Gasteiger partial charge in [-0.15, -0.1) is 0 Å². The first-order valence-corrected chi connectivity index (χ1v) is 10.2. The molecule has 150 valence electrons. The number of aromatic nitrogens is 3. The molecule has 8 nitrogen and oxygen atoms in total. The topological polar surface area (TPSA) is 95.3 Å². The van der Waals surface area contributed by atoms with Crippen LogP contribution in [-0.2, 0) is 6.42 Å². The van der Waals surface area contributed by atoms with E-state index in [1.165, 1.54) is 0 Å². The minimum absolute atomic E-state index is 0.0467. The van der Waals surface area contributed by atoms with Crippen molar-refractivity contribution in [3.05, 3.63) is 35.0 Å². The molecular weight excluding hydrogens is 358 g/mol. The van der Waals surface area contributed by atoms with Gasteiger partial charge in [0, 0.05) is 44.6 Å². The Bertz CT molecular complexity index is 837. The Morgan fingerprint density at radius 1 is 1.18 bits per heavy atom. The summed E-state index contributed by atoms with van der Waals surface area (Å²) in [5.41, 5.74) is 1.86. The third kappa shape index (κ3) is 3.68. The minimum Gasteiger partial charge on any atom is -0.361 e. The number of nitrogens with zero attached hydrogens (tertiary/aromatic N) is 4. The SMILES string of the molecule is CCCc1cc(C(=O)N2CCCC(c3[nH]ncc3C(=O)N3CCCC3)C2)no1. The first kappa shape index (κ1) is 18.7. The molecule has 0 saturated carbocycles. The molecule has 0 radical (unpaired) electrons. The lowest BCUT2D eigenvalue weighted by Gasteiger charge is -2.32. The van der Waals surface area contributed by atoms with Crippen LogP contribution in [0, 0.1) is 0 Å². The van der Waals surface area contributed by atoms with E-state index in [1.54, 1.807) is 12.3 Å². The zero-order chi connectivity index (χ0) is 19.5. The third-order valence-electron chi connectivity index (χ3n) is 5.68. The molecule has 8 heteroatoms. The largest absolute Gasteiger partial charge is 0.361 e. The average molecular weight is 385 g/mol. The molecule has 4 heterocycles. The minimum atomic E-state index is -0.109. The molecule has 4 rings (SSSR count). The fourth-order valence-electron chi connectivity index (χ4n) is 4.21. The third-order valence-corrected chi connectivity index (χ3v) is 5.68. The molecule has 2 saturated heterocycles. The van der Waals surface area contributed by atoms with Crippen LogP contribution < -0.4 is 0 Å². The summed E-state index contributed by atoms with van der Waals surface area (Å²) in [7, 11) is 0. The number of hydrogen-bond acceptors (Lipinski definition) is 5. The molecule has 0 spiro atoms. The molecule has 0 aromatic carbocycles. The van der Waals surface area contributed by atoms with Crippen LogP contribution >= 0.6 is 0 Å². The zero-order valence-electron chi connectivity index (χ0n) is 16.3. The summed E-state index contributed by atoms with van der Waals surface area (Å²) in [6, 6.07) is 1.74. The van der Waals surface area contributed by atoms with E-state index in [1.807, 2.05) is 9.80 Å². The number of carbonyl (C=O) groups is 2. The van der Waals surface area contributed by atoms with Gasteiger partial charge in [0.2, 0.25) is 0 Å². The fourth-order valence-corrected chi connectivity index (χ4v) is 4.21. The van der Waals surface area contributed by atoms with Gasteiger partial charge in [-0.25, -0.2) is 0 Å². The van der Waals surface area contributed by atoms with Gasteiger partial charge < -0.3 is 14.3 Å². The van der Waals surface area contributed by atoms with Gasteiger partial charge >= 0.3 is 0 Å². The van der Waals surface area contributed by atoms with Crippen molar-refractivity contribution in [2.75, 3.05) is 26.2 Å². The number of carbonyl (C=O) groups excluding carboxylic acids is 2. The molecule has 2 aliphatic rings. The van der Waals surface area contributed by atoms with Gasteiger partial charge in [-0.1, -0.05) is 12.1 Å². The Morgan fingerprint density at radius 3 is 2.75 bits per heavy atom. The van der Waals surface area contributed by atoms with E-state index in [9.17, 15) is 9.59 Å². The summed E-state index contributed by atoms with van der Waals surface area (Å²) in [6.45, 7) is 4.92. The quantitative estimate of drug-likeness (QED) is 0.854. The second-order valence-corrected chi connectivity index (χ2v) is 7.72. The summed E-state index contributed by atoms with van der Waals surface area (Å²) in [4.78, 5) is 29.4. The Labute approximate surface area is 164 Å². The van der Waals surface area contributed by atoms with Crippen molar-refractivity contribution in [2.45, 2.75) is 51.4 Å². The van der Waals surface area contributed by atoms with Gasteiger partial charge in [0.05, 0.1) is 17.5 Å². The van der Waals surface area contributed by atoms with E-state index >= 15 is 0 Å². The van der Waals surface area contributed by atoms with Gasteiger partial charge in [0.15, 0.2) is 5.69 Å². The van der Waals surface area contributed by atoms with Crippen LogP contribution in [0.5, 0.6) is 0 Å². The van der Waals surface area contributed by atoms with Crippen LogP contribution in [-0.4, -0.2) is 63.1 Å². The number of hydrogen-bond donors (Lipinski definition) is 1. The maximum Gasteiger partial charge on any atom is 0.276 e. The molecule has 1 N–H and O–H groups in total. The highest BCUT2D eigenvalue weighted by Crippen LogP contribution is 2.29. The number of aromatic amines is 1. The van der Waals surface area contributed by atoms with Gasteiger partial charge in [0.25, 0.3) is 11.8 Å². The summed E-state index contributed by atoms with van der Waals surface area (Å²) in [5, 5.41) is 11.1. The molecule has 1 unspecified atom stereocenters. The second-order valence-electron chi connectivity index (χ2n) is 7.72. The van der Waals surface area contributed by atoms with E-state index in [2.05, 4.69) is 22.3 Å². The highest BCUT2D eigenvalue weighted by molar-refractivity contribution is 5.95. The molecule has 28 heavy (non-hydrogen) atoms. The van der Waals surface area contributed by atoms with Crippen molar-refractivity contribution in [1.82, 2.24) is 25.2 Å². The van der Waals surface area contributed by atoms with Crippen LogP contribution in [0.15, 0.2) is 16.8 Å². The lowest BCUT2D eigenvalue weighted by Crippen LogP contribution is -2.40. The highest BCUT2D eigenvalue weighted by Gasteiger charge is 2.32. The Morgan fingerprint density at radius 2 is 1.96 bits per heavy atom. The Hall–Kier alpha value is -2.64. The number of H-pyrrole nitrogens is 1. The molecule has 2 aromatic heterocycles. The van der Waals surface area contributed by atoms with E-state index in [0.717, 1.165) is 63.1 Å². The van der Waals surface area contributed by atoms with Crippen LogP contribution in [0.1, 0.15) is 77.2 Å². The van der Waals surface area contributed by atoms with Crippen LogP contribution in [0.2, 0.25) is 0 Å².